The first-order chi connectivity index (χ1) is 15.5. The zero-order chi connectivity index (χ0) is 24.1. The Kier molecular flexibility index (Phi) is 5.80. The standard InChI is InChI=1S/C24H33N3O6/c1-23(2)11-13(12-24(3,4)26-23)25-20(29)15-8-10-17(28)27(15)21-14-7-9-16(31-5)19(32-6)18(14)22(30)33-21/h7,9,13,15,21,26H,8,10-12H2,1-6H3,(H,25,29)/t15-,21-/m1/s1. The van der Waals surface area contributed by atoms with Gasteiger partial charge in [0.2, 0.25) is 18.0 Å². The minimum absolute atomic E-state index is 0.0240. The molecule has 0 aliphatic carbocycles. The van der Waals surface area contributed by atoms with Gasteiger partial charge in [0.25, 0.3) is 0 Å². The Morgan fingerprint density at radius 3 is 2.39 bits per heavy atom. The smallest absolute Gasteiger partial charge is 0.344 e. The highest BCUT2D eigenvalue weighted by molar-refractivity contribution is 5.99. The van der Waals surface area contributed by atoms with E-state index < -0.39 is 18.2 Å². The summed E-state index contributed by atoms with van der Waals surface area (Å²) in [5, 5.41) is 6.77. The van der Waals surface area contributed by atoms with Crippen LogP contribution in [0, 0.1) is 0 Å². The van der Waals surface area contributed by atoms with Crippen LogP contribution in [0.15, 0.2) is 12.1 Å². The molecule has 2 saturated heterocycles. The van der Waals surface area contributed by atoms with Crippen LogP contribution in [0.5, 0.6) is 11.5 Å². The number of likely N-dealkylation sites (tertiary alicyclic amines) is 1. The van der Waals surface area contributed by atoms with Crippen molar-refractivity contribution in [3.8, 4) is 11.5 Å². The number of cyclic esters (lactones) is 1. The molecule has 0 radical (unpaired) electrons. The number of methoxy groups -OCH3 is 2. The van der Waals surface area contributed by atoms with Gasteiger partial charge in [-0.1, -0.05) is 0 Å². The van der Waals surface area contributed by atoms with Crippen molar-refractivity contribution in [2.75, 3.05) is 14.2 Å². The molecule has 0 aromatic heterocycles. The Bertz CT molecular complexity index is 973. The van der Waals surface area contributed by atoms with Gasteiger partial charge in [-0.2, -0.15) is 0 Å². The number of esters is 1. The van der Waals surface area contributed by atoms with E-state index in [1.807, 2.05) is 0 Å². The highest BCUT2D eigenvalue weighted by Gasteiger charge is 2.48. The summed E-state index contributed by atoms with van der Waals surface area (Å²) in [5.41, 5.74) is 0.471. The highest BCUT2D eigenvalue weighted by atomic mass is 16.6. The minimum atomic E-state index is -0.973. The second kappa shape index (κ2) is 8.20. The second-order valence-corrected chi connectivity index (χ2v) is 10.4. The molecule has 180 valence electrons. The number of carbonyl (C=O) groups is 3. The van der Waals surface area contributed by atoms with E-state index in [-0.39, 0.29) is 46.7 Å². The molecule has 3 aliphatic rings. The topological polar surface area (TPSA) is 106 Å². The molecule has 4 rings (SSSR count). The van der Waals surface area contributed by atoms with Crippen molar-refractivity contribution in [2.24, 2.45) is 0 Å². The lowest BCUT2D eigenvalue weighted by Crippen LogP contribution is -2.63. The quantitative estimate of drug-likeness (QED) is 0.651. The Morgan fingerprint density at radius 1 is 1.12 bits per heavy atom. The third-order valence-electron chi connectivity index (χ3n) is 6.61. The summed E-state index contributed by atoms with van der Waals surface area (Å²) >= 11 is 0. The molecule has 3 heterocycles. The van der Waals surface area contributed by atoms with Crippen molar-refractivity contribution in [2.45, 2.75) is 82.8 Å². The minimum Gasteiger partial charge on any atom is -0.493 e. The summed E-state index contributed by atoms with van der Waals surface area (Å²) in [5.74, 6) is -0.390. The Morgan fingerprint density at radius 2 is 1.79 bits per heavy atom. The molecule has 2 fully saturated rings. The first-order valence-electron chi connectivity index (χ1n) is 11.3. The fraction of sp³-hybridized carbons (Fsp3) is 0.625. The molecular weight excluding hydrogens is 426 g/mol. The molecule has 33 heavy (non-hydrogen) atoms. The van der Waals surface area contributed by atoms with Crippen LogP contribution in [0.2, 0.25) is 0 Å². The maximum absolute atomic E-state index is 13.4. The predicted octanol–water partition coefficient (Wildman–Crippen LogP) is 2.29. The molecule has 1 aromatic carbocycles. The molecular formula is C24H33N3O6. The number of benzene rings is 1. The van der Waals surface area contributed by atoms with E-state index in [1.165, 1.54) is 19.1 Å². The largest absolute Gasteiger partial charge is 0.493 e. The van der Waals surface area contributed by atoms with Crippen molar-refractivity contribution >= 4 is 17.8 Å². The lowest BCUT2D eigenvalue weighted by Gasteiger charge is -2.47. The van der Waals surface area contributed by atoms with Crippen LogP contribution in [0.4, 0.5) is 0 Å². The SMILES string of the molecule is COc1ccc2c(c1OC)C(=O)O[C@H]2N1C(=O)CC[C@@H]1C(=O)NC1CC(C)(C)NC(C)(C)C1. The number of piperidine rings is 1. The highest BCUT2D eigenvalue weighted by Crippen LogP contribution is 2.45. The number of nitrogens with zero attached hydrogens (tertiary/aromatic N) is 1. The molecule has 9 nitrogen and oxygen atoms in total. The molecule has 0 spiro atoms. The van der Waals surface area contributed by atoms with E-state index in [9.17, 15) is 14.4 Å². The van der Waals surface area contributed by atoms with Gasteiger partial charge in [-0.25, -0.2) is 4.79 Å². The summed E-state index contributed by atoms with van der Waals surface area (Å²) in [7, 11) is 2.92. The van der Waals surface area contributed by atoms with Gasteiger partial charge in [0.15, 0.2) is 11.5 Å². The van der Waals surface area contributed by atoms with Crippen LogP contribution in [0.3, 0.4) is 0 Å². The van der Waals surface area contributed by atoms with Crippen molar-refractivity contribution in [1.29, 1.82) is 0 Å². The molecule has 2 amide bonds. The predicted molar refractivity (Wildman–Crippen MR) is 120 cm³/mol. The molecule has 0 unspecified atom stereocenters. The van der Waals surface area contributed by atoms with E-state index in [1.54, 1.807) is 12.1 Å². The maximum atomic E-state index is 13.4. The van der Waals surface area contributed by atoms with E-state index in [2.05, 4.69) is 38.3 Å². The molecule has 9 heteroatoms. The zero-order valence-electron chi connectivity index (χ0n) is 20.1. The van der Waals surface area contributed by atoms with Crippen molar-refractivity contribution in [3.63, 3.8) is 0 Å². The van der Waals surface area contributed by atoms with Gasteiger partial charge in [0.05, 0.1) is 14.2 Å². The van der Waals surface area contributed by atoms with Gasteiger partial charge in [-0.3, -0.25) is 14.5 Å². The number of amides is 2. The number of hydrogen-bond donors (Lipinski definition) is 2. The number of ether oxygens (including phenoxy) is 3. The number of fused-ring (bicyclic) bond motifs is 1. The average molecular weight is 460 g/mol. The molecule has 0 bridgehead atoms. The molecule has 2 atom stereocenters. The third kappa shape index (κ3) is 4.26. The Labute approximate surface area is 194 Å². The van der Waals surface area contributed by atoms with Crippen molar-refractivity contribution in [3.05, 3.63) is 23.3 Å². The first-order valence-corrected chi connectivity index (χ1v) is 11.3. The van der Waals surface area contributed by atoms with Gasteiger partial charge in [-0.15, -0.1) is 0 Å². The Hall–Kier alpha value is -2.81. The van der Waals surface area contributed by atoms with Gasteiger partial charge in [0.1, 0.15) is 11.6 Å². The van der Waals surface area contributed by atoms with Crippen LogP contribution in [-0.4, -0.2) is 60.1 Å². The summed E-state index contributed by atoms with van der Waals surface area (Å²) in [4.78, 5) is 40.3. The molecule has 3 aliphatic heterocycles. The van der Waals surface area contributed by atoms with Crippen LogP contribution >= 0.6 is 0 Å². The van der Waals surface area contributed by atoms with Gasteiger partial charge < -0.3 is 24.8 Å². The van der Waals surface area contributed by atoms with E-state index in [0.717, 1.165) is 12.8 Å². The fourth-order valence-corrected chi connectivity index (χ4v) is 5.76. The van der Waals surface area contributed by atoms with Crippen LogP contribution in [0.1, 0.15) is 75.5 Å². The second-order valence-electron chi connectivity index (χ2n) is 10.4. The van der Waals surface area contributed by atoms with E-state index >= 15 is 0 Å². The summed E-state index contributed by atoms with van der Waals surface area (Å²) in [6.07, 6.45) is 1.18. The van der Waals surface area contributed by atoms with E-state index in [4.69, 9.17) is 14.2 Å². The van der Waals surface area contributed by atoms with Crippen molar-refractivity contribution in [1.82, 2.24) is 15.5 Å². The monoisotopic (exact) mass is 459 g/mol. The number of hydrogen-bond acceptors (Lipinski definition) is 7. The van der Waals surface area contributed by atoms with Crippen LogP contribution in [-0.2, 0) is 14.3 Å². The zero-order valence-corrected chi connectivity index (χ0v) is 20.1. The van der Waals surface area contributed by atoms with Gasteiger partial charge >= 0.3 is 5.97 Å². The summed E-state index contributed by atoms with van der Waals surface area (Å²) in [6, 6.07) is 2.62. The summed E-state index contributed by atoms with van der Waals surface area (Å²) < 4.78 is 16.3. The number of rotatable bonds is 5. The lowest BCUT2D eigenvalue weighted by molar-refractivity contribution is -0.146. The van der Waals surface area contributed by atoms with E-state index in [0.29, 0.717) is 17.7 Å². The normalized spacial score (nSPS) is 26.1. The molecule has 0 saturated carbocycles. The van der Waals surface area contributed by atoms with Crippen LogP contribution < -0.4 is 20.1 Å². The molecule has 2 N–H and O–H groups in total. The lowest BCUT2D eigenvalue weighted by atomic mass is 9.79. The third-order valence-corrected chi connectivity index (χ3v) is 6.61. The van der Waals surface area contributed by atoms with Gasteiger partial charge in [0, 0.05) is 29.1 Å². The van der Waals surface area contributed by atoms with Crippen molar-refractivity contribution < 1.29 is 28.6 Å². The average Bonchev–Trinajstić information content (AvgIpc) is 3.24. The fourth-order valence-electron chi connectivity index (χ4n) is 5.76. The summed E-state index contributed by atoms with van der Waals surface area (Å²) in [6.45, 7) is 8.48. The number of nitrogens with one attached hydrogen (secondary N) is 2. The molecule has 1 aromatic rings. The Balaban J connectivity index is 1.59. The number of carbonyl (C=O) groups excluding carboxylic acids is 3. The maximum Gasteiger partial charge on any atom is 0.344 e. The van der Waals surface area contributed by atoms with Crippen LogP contribution in [0.25, 0.3) is 0 Å². The van der Waals surface area contributed by atoms with Gasteiger partial charge in [-0.05, 0) is 59.1 Å². The first kappa shape index (κ1) is 23.4.